The molecule has 2 aromatic carbocycles. The van der Waals surface area contributed by atoms with Gasteiger partial charge in [0.1, 0.15) is 11.5 Å². The van der Waals surface area contributed by atoms with Gasteiger partial charge >= 0.3 is 5.97 Å². The summed E-state index contributed by atoms with van der Waals surface area (Å²) in [5, 5.41) is 28.4. The Morgan fingerprint density at radius 1 is 1.07 bits per heavy atom. The average Bonchev–Trinajstić information content (AvgIpc) is 2.18. The van der Waals surface area contributed by atoms with Gasteiger partial charge in [-0.25, -0.2) is 4.79 Å². The Balaban J connectivity index is 2.92. The van der Waals surface area contributed by atoms with E-state index in [0.717, 1.165) is 6.07 Å². The summed E-state index contributed by atoms with van der Waals surface area (Å²) in [5.74, 6) is -1.37. The summed E-state index contributed by atoms with van der Waals surface area (Å²) in [6.07, 6.45) is 0. The summed E-state index contributed by atoms with van der Waals surface area (Å²) in [6, 6.07) is 7.06. The number of phenols is 2. The van der Waals surface area contributed by atoms with Crippen LogP contribution in [0.15, 0.2) is 30.3 Å². The lowest BCUT2D eigenvalue weighted by Crippen LogP contribution is -1.97. The Labute approximate surface area is 85.0 Å². The van der Waals surface area contributed by atoms with E-state index in [0.29, 0.717) is 10.8 Å². The molecule has 0 amide bonds. The largest absolute Gasteiger partial charge is 0.508 e. The molecule has 0 spiro atoms. The standard InChI is InChI=1S/C11H8O4/c12-6-4-8-7(2-1-3-10(8)13)9(5-6)11(14)15/h1-5,12-13H,(H,14,15). The molecule has 0 aliphatic carbocycles. The molecule has 3 N–H and O–H groups in total. The molecule has 0 radical (unpaired) electrons. The van der Waals surface area contributed by atoms with Gasteiger partial charge in [0.2, 0.25) is 0 Å². The summed E-state index contributed by atoms with van der Waals surface area (Å²) in [6.45, 7) is 0. The van der Waals surface area contributed by atoms with Gasteiger partial charge in [0.25, 0.3) is 0 Å². The number of carboxylic acids is 1. The van der Waals surface area contributed by atoms with Gasteiger partial charge in [-0.15, -0.1) is 0 Å². The van der Waals surface area contributed by atoms with Crippen molar-refractivity contribution in [3.05, 3.63) is 35.9 Å². The van der Waals surface area contributed by atoms with Crippen LogP contribution in [0, 0.1) is 0 Å². The SMILES string of the molecule is O=C(O)c1cc(O)cc2c(O)cccc12. The zero-order chi connectivity index (χ0) is 11.0. The summed E-state index contributed by atoms with van der Waals surface area (Å²) in [5.41, 5.74) is -0.0269. The molecule has 0 fully saturated rings. The van der Waals surface area contributed by atoms with Crippen LogP contribution >= 0.6 is 0 Å². The molecule has 0 saturated carbocycles. The summed E-state index contributed by atoms with van der Waals surface area (Å²) < 4.78 is 0. The molecule has 0 heterocycles. The van der Waals surface area contributed by atoms with E-state index in [1.54, 1.807) is 12.1 Å². The van der Waals surface area contributed by atoms with E-state index in [9.17, 15) is 15.0 Å². The number of aromatic carboxylic acids is 1. The van der Waals surface area contributed by atoms with Crippen molar-refractivity contribution >= 4 is 16.7 Å². The predicted octanol–water partition coefficient (Wildman–Crippen LogP) is 1.95. The van der Waals surface area contributed by atoms with Gasteiger partial charge in [0.05, 0.1) is 5.56 Å². The second-order valence-corrected chi connectivity index (χ2v) is 3.17. The first-order valence-corrected chi connectivity index (χ1v) is 4.27. The van der Waals surface area contributed by atoms with E-state index in [1.807, 2.05) is 0 Å². The number of carbonyl (C=O) groups is 1. The lowest BCUT2D eigenvalue weighted by molar-refractivity contribution is 0.0698. The van der Waals surface area contributed by atoms with Crippen molar-refractivity contribution in [1.29, 1.82) is 0 Å². The average molecular weight is 204 g/mol. The summed E-state index contributed by atoms with van der Waals surface area (Å²) in [7, 11) is 0. The van der Waals surface area contributed by atoms with Crippen LogP contribution in [-0.4, -0.2) is 21.3 Å². The first-order valence-electron chi connectivity index (χ1n) is 4.27. The quantitative estimate of drug-likeness (QED) is 0.663. The van der Waals surface area contributed by atoms with E-state index in [4.69, 9.17) is 5.11 Å². The first kappa shape index (κ1) is 9.33. The number of hydrogen-bond donors (Lipinski definition) is 3. The van der Waals surface area contributed by atoms with Crippen molar-refractivity contribution in [2.45, 2.75) is 0 Å². The Bertz CT molecular complexity index is 546. The van der Waals surface area contributed by atoms with Gasteiger partial charge in [0.15, 0.2) is 0 Å². The van der Waals surface area contributed by atoms with Gasteiger partial charge in [0, 0.05) is 10.8 Å². The van der Waals surface area contributed by atoms with Crippen molar-refractivity contribution in [3.8, 4) is 11.5 Å². The van der Waals surface area contributed by atoms with Gasteiger partial charge < -0.3 is 15.3 Å². The lowest BCUT2D eigenvalue weighted by Gasteiger charge is -2.05. The Morgan fingerprint density at radius 3 is 2.47 bits per heavy atom. The fraction of sp³-hybridized carbons (Fsp3) is 0. The van der Waals surface area contributed by atoms with Gasteiger partial charge in [-0.3, -0.25) is 0 Å². The molecule has 0 unspecified atom stereocenters. The van der Waals surface area contributed by atoms with Crippen LogP contribution in [0.1, 0.15) is 10.4 Å². The minimum absolute atomic E-state index is 0.0269. The van der Waals surface area contributed by atoms with E-state index >= 15 is 0 Å². The third-order valence-electron chi connectivity index (χ3n) is 2.19. The van der Waals surface area contributed by atoms with Crippen molar-refractivity contribution in [1.82, 2.24) is 0 Å². The topological polar surface area (TPSA) is 77.8 Å². The minimum Gasteiger partial charge on any atom is -0.508 e. The molecule has 15 heavy (non-hydrogen) atoms. The second kappa shape index (κ2) is 3.16. The number of carboxylic acid groups (broad SMARTS) is 1. The predicted molar refractivity (Wildman–Crippen MR) is 54.2 cm³/mol. The zero-order valence-corrected chi connectivity index (χ0v) is 7.64. The smallest absolute Gasteiger partial charge is 0.336 e. The van der Waals surface area contributed by atoms with Crippen molar-refractivity contribution in [2.24, 2.45) is 0 Å². The van der Waals surface area contributed by atoms with Crippen LogP contribution < -0.4 is 0 Å². The van der Waals surface area contributed by atoms with Crippen LogP contribution in [0.3, 0.4) is 0 Å². The zero-order valence-electron chi connectivity index (χ0n) is 7.64. The Kier molecular flexibility index (Phi) is 1.97. The number of phenolic OH excluding ortho intramolecular Hbond substituents is 2. The van der Waals surface area contributed by atoms with E-state index < -0.39 is 5.97 Å². The number of aromatic hydroxyl groups is 2. The van der Waals surface area contributed by atoms with Crippen LogP contribution in [-0.2, 0) is 0 Å². The number of hydrogen-bond acceptors (Lipinski definition) is 3. The maximum Gasteiger partial charge on any atom is 0.336 e. The van der Waals surface area contributed by atoms with Crippen molar-refractivity contribution in [2.75, 3.05) is 0 Å². The molecule has 0 saturated heterocycles. The van der Waals surface area contributed by atoms with Crippen LogP contribution in [0.5, 0.6) is 11.5 Å². The molecular weight excluding hydrogens is 196 g/mol. The number of fused-ring (bicyclic) bond motifs is 1. The third kappa shape index (κ3) is 1.46. The monoisotopic (exact) mass is 204 g/mol. The molecular formula is C11H8O4. The van der Waals surface area contributed by atoms with Crippen LogP contribution in [0.25, 0.3) is 10.8 Å². The highest BCUT2D eigenvalue weighted by molar-refractivity contribution is 6.06. The lowest BCUT2D eigenvalue weighted by atomic mass is 10.0. The van der Waals surface area contributed by atoms with Crippen molar-refractivity contribution < 1.29 is 20.1 Å². The van der Waals surface area contributed by atoms with E-state index in [1.165, 1.54) is 12.1 Å². The molecule has 2 rings (SSSR count). The number of benzene rings is 2. The highest BCUT2D eigenvalue weighted by Gasteiger charge is 2.11. The fourth-order valence-corrected chi connectivity index (χ4v) is 1.53. The molecule has 0 aliphatic heterocycles. The summed E-state index contributed by atoms with van der Waals surface area (Å²) >= 11 is 0. The summed E-state index contributed by atoms with van der Waals surface area (Å²) in [4.78, 5) is 10.9. The molecule has 4 nitrogen and oxygen atoms in total. The molecule has 0 aromatic heterocycles. The maximum atomic E-state index is 10.9. The minimum atomic E-state index is -1.14. The molecule has 0 aliphatic rings. The van der Waals surface area contributed by atoms with Crippen molar-refractivity contribution in [3.63, 3.8) is 0 Å². The number of rotatable bonds is 1. The highest BCUT2D eigenvalue weighted by Crippen LogP contribution is 2.30. The molecule has 4 heteroatoms. The highest BCUT2D eigenvalue weighted by atomic mass is 16.4. The molecule has 76 valence electrons. The first-order chi connectivity index (χ1) is 7.09. The van der Waals surface area contributed by atoms with E-state index in [-0.39, 0.29) is 17.1 Å². The van der Waals surface area contributed by atoms with Gasteiger partial charge in [-0.2, -0.15) is 0 Å². The normalized spacial score (nSPS) is 10.4. The second-order valence-electron chi connectivity index (χ2n) is 3.17. The maximum absolute atomic E-state index is 10.9. The van der Waals surface area contributed by atoms with Gasteiger partial charge in [-0.05, 0) is 18.2 Å². The molecule has 0 atom stereocenters. The van der Waals surface area contributed by atoms with Crippen LogP contribution in [0.4, 0.5) is 0 Å². The third-order valence-corrected chi connectivity index (χ3v) is 2.19. The Morgan fingerprint density at radius 2 is 1.80 bits per heavy atom. The van der Waals surface area contributed by atoms with Gasteiger partial charge in [-0.1, -0.05) is 12.1 Å². The molecule has 0 bridgehead atoms. The van der Waals surface area contributed by atoms with Crippen LogP contribution in [0.2, 0.25) is 0 Å². The molecule has 2 aromatic rings. The Hall–Kier alpha value is -2.23. The van der Waals surface area contributed by atoms with E-state index in [2.05, 4.69) is 0 Å². The fourth-order valence-electron chi connectivity index (χ4n) is 1.53.